The molecule has 0 spiro atoms. The van der Waals surface area contributed by atoms with Crippen LogP contribution in [0.2, 0.25) is 0 Å². The fraction of sp³-hybridized carbons (Fsp3) is 0.571. The average Bonchev–Trinajstić information content (AvgIpc) is 2.84. The Labute approximate surface area is 103 Å². The number of rotatable bonds is 4. The molecule has 1 fully saturated rings. The number of carbonyl (C=O) groups excluding carboxylic acids is 1. The van der Waals surface area contributed by atoms with Gasteiger partial charge < -0.3 is 4.90 Å². The maximum atomic E-state index is 11.4. The number of Topliss-reactive ketones (excluding diaryl/α,β-unsaturated/α-hetero) is 1. The molecule has 0 aliphatic heterocycles. The van der Waals surface area contributed by atoms with Crippen LogP contribution in [0, 0.1) is 0 Å². The van der Waals surface area contributed by atoms with Gasteiger partial charge in [0.25, 0.3) is 0 Å². The van der Waals surface area contributed by atoms with E-state index in [0.717, 1.165) is 17.9 Å². The first-order valence-corrected chi connectivity index (χ1v) is 6.46. The first kappa shape index (κ1) is 12.1. The highest BCUT2D eigenvalue weighted by atomic mass is 16.1. The zero-order valence-electron chi connectivity index (χ0n) is 10.6. The van der Waals surface area contributed by atoms with Gasteiger partial charge in [-0.1, -0.05) is 12.8 Å². The topological polar surface area (TPSA) is 33.2 Å². The molecule has 1 saturated carbocycles. The van der Waals surface area contributed by atoms with Crippen LogP contribution in [0.3, 0.4) is 0 Å². The normalized spacial score (nSPS) is 16.1. The Morgan fingerprint density at radius 3 is 2.76 bits per heavy atom. The summed E-state index contributed by atoms with van der Waals surface area (Å²) in [7, 11) is 0. The first-order chi connectivity index (χ1) is 8.22. The summed E-state index contributed by atoms with van der Waals surface area (Å²) < 4.78 is 0. The van der Waals surface area contributed by atoms with E-state index in [1.807, 2.05) is 6.07 Å². The van der Waals surface area contributed by atoms with E-state index in [1.54, 1.807) is 19.2 Å². The van der Waals surface area contributed by atoms with Crippen molar-refractivity contribution in [3.63, 3.8) is 0 Å². The van der Waals surface area contributed by atoms with Crippen molar-refractivity contribution in [3.05, 3.63) is 23.9 Å². The van der Waals surface area contributed by atoms with Gasteiger partial charge in [-0.25, -0.2) is 4.98 Å². The van der Waals surface area contributed by atoms with Crippen LogP contribution < -0.4 is 4.90 Å². The molecule has 17 heavy (non-hydrogen) atoms. The minimum Gasteiger partial charge on any atom is -0.354 e. The minimum atomic E-state index is 0.108. The smallest absolute Gasteiger partial charge is 0.159 e. The third kappa shape index (κ3) is 2.65. The summed E-state index contributed by atoms with van der Waals surface area (Å²) in [6, 6.07) is 4.31. The molecule has 0 amide bonds. The number of pyridine rings is 1. The lowest BCUT2D eigenvalue weighted by atomic mass is 10.1. The van der Waals surface area contributed by atoms with Gasteiger partial charge in [0.05, 0.1) is 0 Å². The molecule has 0 unspecified atom stereocenters. The van der Waals surface area contributed by atoms with Crippen molar-refractivity contribution >= 4 is 11.6 Å². The van der Waals surface area contributed by atoms with Crippen LogP contribution in [0.1, 0.15) is 49.9 Å². The minimum absolute atomic E-state index is 0.108. The summed E-state index contributed by atoms with van der Waals surface area (Å²) in [4.78, 5) is 18.1. The maximum absolute atomic E-state index is 11.4. The lowest BCUT2D eigenvalue weighted by Crippen LogP contribution is -2.33. The summed E-state index contributed by atoms with van der Waals surface area (Å²) in [5.41, 5.74) is 0.756. The van der Waals surface area contributed by atoms with Gasteiger partial charge in [0.1, 0.15) is 5.82 Å². The molecule has 0 radical (unpaired) electrons. The summed E-state index contributed by atoms with van der Waals surface area (Å²) >= 11 is 0. The fourth-order valence-corrected chi connectivity index (χ4v) is 2.62. The Morgan fingerprint density at radius 1 is 1.47 bits per heavy atom. The molecule has 1 aromatic heterocycles. The van der Waals surface area contributed by atoms with E-state index in [9.17, 15) is 4.79 Å². The monoisotopic (exact) mass is 232 g/mol. The number of anilines is 1. The highest BCUT2D eigenvalue weighted by Crippen LogP contribution is 2.27. The van der Waals surface area contributed by atoms with Crippen molar-refractivity contribution in [1.29, 1.82) is 0 Å². The van der Waals surface area contributed by atoms with Crippen LogP contribution in [0.15, 0.2) is 18.3 Å². The van der Waals surface area contributed by atoms with Crippen molar-refractivity contribution in [2.45, 2.75) is 45.6 Å². The SMILES string of the molecule is CCN(c1cc(C(C)=O)ccn1)C1CCCC1. The van der Waals surface area contributed by atoms with Crippen molar-refractivity contribution in [3.8, 4) is 0 Å². The van der Waals surface area contributed by atoms with Crippen LogP contribution in [0.5, 0.6) is 0 Å². The first-order valence-electron chi connectivity index (χ1n) is 6.46. The van der Waals surface area contributed by atoms with E-state index in [0.29, 0.717) is 6.04 Å². The molecule has 0 bridgehead atoms. The maximum Gasteiger partial charge on any atom is 0.159 e. The molecule has 0 atom stereocenters. The third-order valence-corrected chi connectivity index (χ3v) is 3.55. The molecule has 0 aromatic carbocycles. The second-order valence-electron chi connectivity index (χ2n) is 4.68. The predicted octanol–water partition coefficient (Wildman–Crippen LogP) is 3.05. The fourth-order valence-electron chi connectivity index (χ4n) is 2.62. The van der Waals surface area contributed by atoms with Gasteiger partial charge in [0.15, 0.2) is 5.78 Å². The summed E-state index contributed by atoms with van der Waals surface area (Å²) in [6.07, 6.45) is 6.87. The molecule has 1 aliphatic carbocycles. The van der Waals surface area contributed by atoms with Crippen LogP contribution in [0.4, 0.5) is 5.82 Å². The Morgan fingerprint density at radius 2 is 2.18 bits per heavy atom. The summed E-state index contributed by atoms with van der Waals surface area (Å²) in [6.45, 7) is 4.71. The van der Waals surface area contributed by atoms with Crippen LogP contribution in [0.25, 0.3) is 0 Å². The molecule has 3 nitrogen and oxygen atoms in total. The molecule has 2 rings (SSSR count). The Bertz CT molecular complexity index is 397. The van der Waals surface area contributed by atoms with Crippen molar-refractivity contribution < 1.29 is 4.79 Å². The molecular formula is C14H20N2O. The molecular weight excluding hydrogens is 212 g/mol. The van der Waals surface area contributed by atoms with Gasteiger partial charge in [0.2, 0.25) is 0 Å². The largest absolute Gasteiger partial charge is 0.354 e. The van der Waals surface area contributed by atoms with E-state index in [2.05, 4.69) is 16.8 Å². The highest BCUT2D eigenvalue weighted by molar-refractivity contribution is 5.94. The van der Waals surface area contributed by atoms with Crippen LogP contribution in [-0.2, 0) is 0 Å². The number of carbonyl (C=O) groups is 1. The quantitative estimate of drug-likeness (QED) is 0.748. The van der Waals surface area contributed by atoms with Crippen LogP contribution in [-0.4, -0.2) is 23.4 Å². The van der Waals surface area contributed by atoms with E-state index >= 15 is 0 Å². The molecule has 0 saturated heterocycles. The van der Waals surface area contributed by atoms with Gasteiger partial charge in [-0.2, -0.15) is 0 Å². The Kier molecular flexibility index (Phi) is 3.77. The van der Waals surface area contributed by atoms with Gasteiger partial charge >= 0.3 is 0 Å². The highest BCUT2D eigenvalue weighted by Gasteiger charge is 2.22. The lowest BCUT2D eigenvalue weighted by molar-refractivity contribution is 0.101. The van der Waals surface area contributed by atoms with Crippen molar-refractivity contribution in [1.82, 2.24) is 4.98 Å². The second-order valence-corrected chi connectivity index (χ2v) is 4.68. The van der Waals surface area contributed by atoms with Gasteiger partial charge in [0, 0.05) is 24.3 Å². The summed E-state index contributed by atoms with van der Waals surface area (Å²) in [5, 5.41) is 0. The van der Waals surface area contributed by atoms with Crippen molar-refractivity contribution in [2.75, 3.05) is 11.4 Å². The average molecular weight is 232 g/mol. The zero-order chi connectivity index (χ0) is 12.3. The van der Waals surface area contributed by atoms with E-state index in [1.165, 1.54) is 25.7 Å². The van der Waals surface area contributed by atoms with Gasteiger partial charge in [-0.15, -0.1) is 0 Å². The lowest BCUT2D eigenvalue weighted by Gasteiger charge is -2.28. The van der Waals surface area contributed by atoms with E-state index in [-0.39, 0.29) is 5.78 Å². The summed E-state index contributed by atoms with van der Waals surface area (Å²) in [5.74, 6) is 1.06. The predicted molar refractivity (Wildman–Crippen MR) is 69.5 cm³/mol. The molecule has 0 N–H and O–H groups in total. The molecule has 92 valence electrons. The second kappa shape index (κ2) is 5.30. The number of hydrogen-bond donors (Lipinski definition) is 0. The van der Waals surface area contributed by atoms with E-state index in [4.69, 9.17) is 0 Å². The van der Waals surface area contributed by atoms with Crippen LogP contribution >= 0.6 is 0 Å². The zero-order valence-corrected chi connectivity index (χ0v) is 10.6. The number of aromatic nitrogens is 1. The molecule has 1 heterocycles. The number of hydrogen-bond acceptors (Lipinski definition) is 3. The number of ketones is 1. The van der Waals surface area contributed by atoms with Crippen molar-refractivity contribution in [2.24, 2.45) is 0 Å². The third-order valence-electron chi connectivity index (χ3n) is 3.55. The van der Waals surface area contributed by atoms with E-state index < -0.39 is 0 Å². The number of nitrogens with zero attached hydrogens (tertiary/aromatic N) is 2. The Balaban J connectivity index is 2.23. The van der Waals surface area contributed by atoms with Gasteiger partial charge in [-0.3, -0.25) is 4.79 Å². The standard InChI is InChI=1S/C14H20N2O/c1-3-16(13-6-4-5-7-13)14-10-12(11(2)17)8-9-15-14/h8-10,13H,3-7H2,1-2H3. The Hall–Kier alpha value is -1.38. The molecule has 1 aliphatic rings. The molecule has 1 aromatic rings. The van der Waals surface area contributed by atoms with Gasteiger partial charge in [-0.05, 0) is 38.8 Å². The molecule has 3 heteroatoms.